The molecule has 1 aliphatic rings. The van der Waals surface area contributed by atoms with Crippen LogP contribution in [0, 0.1) is 0 Å². The van der Waals surface area contributed by atoms with Crippen LogP contribution in [0.4, 0.5) is 5.69 Å². The summed E-state index contributed by atoms with van der Waals surface area (Å²) >= 11 is 0. The van der Waals surface area contributed by atoms with E-state index in [-0.39, 0.29) is 35.8 Å². The van der Waals surface area contributed by atoms with E-state index in [1.807, 2.05) is 38.1 Å². The summed E-state index contributed by atoms with van der Waals surface area (Å²) in [5.74, 6) is 1.000. The number of piperidine rings is 1. The van der Waals surface area contributed by atoms with Gasteiger partial charge in [-0.2, -0.15) is 0 Å². The average molecular weight is 530 g/mol. The zero-order valence-electron chi connectivity index (χ0n) is 23.0. The molecule has 1 unspecified atom stereocenters. The Kier molecular flexibility index (Phi) is 12.1. The van der Waals surface area contributed by atoms with Gasteiger partial charge in [0, 0.05) is 51.7 Å². The third-order valence-corrected chi connectivity index (χ3v) is 6.65. The lowest BCUT2D eigenvalue weighted by Gasteiger charge is -2.39. The first-order valence-electron chi connectivity index (χ1n) is 13.4. The molecule has 0 aromatic heterocycles. The Morgan fingerprint density at radius 1 is 1.11 bits per heavy atom. The minimum Gasteiger partial charge on any atom is -0.506 e. The van der Waals surface area contributed by atoms with Gasteiger partial charge in [0.2, 0.25) is 5.91 Å². The summed E-state index contributed by atoms with van der Waals surface area (Å²) in [5, 5.41) is 19.9. The molecule has 2 aromatic rings. The second-order valence-electron chi connectivity index (χ2n) is 9.63. The van der Waals surface area contributed by atoms with E-state index in [9.17, 15) is 9.90 Å². The third-order valence-electron chi connectivity index (χ3n) is 6.65. The van der Waals surface area contributed by atoms with Gasteiger partial charge < -0.3 is 40.0 Å². The lowest BCUT2D eigenvalue weighted by molar-refractivity contribution is -0.122. The van der Waals surface area contributed by atoms with Crippen LogP contribution in [0.15, 0.2) is 42.5 Å². The number of hydrogen-bond donors (Lipinski definition) is 4. The lowest BCUT2D eigenvalue weighted by Crippen LogP contribution is -2.51. The molecule has 1 saturated heterocycles. The number of phenolic OH excluding ortho intramolecular Hbond substituents is 1. The molecule has 1 heterocycles. The summed E-state index contributed by atoms with van der Waals surface area (Å²) in [6.07, 6.45) is 1.01. The molecule has 0 spiro atoms. The predicted molar refractivity (Wildman–Crippen MR) is 148 cm³/mol. The van der Waals surface area contributed by atoms with Crippen LogP contribution < -0.4 is 20.7 Å². The number of carbonyl (C=O) groups is 1. The molecule has 1 amide bonds. The van der Waals surface area contributed by atoms with E-state index >= 15 is 0 Å². The van der Waals surface area contributed by atoms with Crippen LogP contribution in [-0.4, -0.2) is 76.3 Å². The molecule has 0 radical (unpaired) electrons. The van der Waals surface area contributed by atoms with Crippen molar-refractivity contribution in [2.45, 2.75) is 57.5 Å². The van der Waals surface area contributed by atoms with Crippen LogP contribution >= 0.6 is 0 Å². The maximum Gasteiger partial charge on any atom is 0.220 e. The number of anilines is 1. The molecular weight excluding hydrogens is 486 g/mol. The summed E-state index contributed by atoms with van der Waals surface area (Å²) in [4.78, 5) is 11.8. The highest BCUT2D eigenvalue weighted by atomic mass is 16.5. The summed E-state index contributed by atoms with van der Waals surface area (Å²) < 4.78 is 23.3. The summed E-state index contributed by atoms with van der Waals surface area (Å²) in [7, 11) is 3.33. The number of phenols is 1. The molecule has 210 valence electrons. The molecule has 0 aliphatic carbocycles. The van der Waals surface area contributed by atoms with Gasteiger partial charge in [0.05, 0.1) is 38.2 Å². The summed E-state index contributed by atoms with van der Waals surface area (Å²) in [6.45, 7) is 7.31. The second-order valence-corrected chi connectivity index (χ2v) is 9.63. The van der Waals surface area contributed by atoms with Crippen LogP contribution in [0.5, 0.6) is 11.5 Å². The second kappa shape index (κ2) is 15.5. The molecule has 1 fully saturated rings. The first-order valence-corrected chi connectivity index (χ1v) is 13.4. The maximum atomic E-state index is 11.8. The molecule has 3 rings (SSSR count). The van der Waals surface area contributed by atoms with Crippen molar-refractivity contribution in [2.75, 3.05) is 52.4 Å². The molecule has 9 nitrogen and oxygen atoms in total. The Hall–Kier alpha value is -2.85. The Morgan fingerprint density at radius 2 is 1.84 bits per heavy atom. The molecular formula is C29H43N3O6. The molecule has 4 atom stereocenters. The Bertz CT molecular complexity index is 987. The van der Waals surface area contributed by atoms with Gasteiger partial charge >= 0.3 is 0 Å². The van der Waals surface area contributed by atoms with Gasteiger partial charge in [0.1, 0.15) is 11.5 Å². The fraction of sp³-hybridized carbons (Fsp3) is 0.552. The van der Waals surface area contributed by atoms with Gasteiger partial charge in [-0.1, -0.05) is 25.1 Å². The summed E-state index contributed by atoms with van der Waals surface area (Å²) in [5.41, 5.74) is 2.75. The van der Waals surface area contributed by atoms with E-state index in [1.165, 1.54) is 0 Å². The van der Waals surface area contributed by atoms with Crippen molar-refractivity contribution in [3.8, 4) is 11.5 Å². The molecule has 9 heteroatoms. The first-order chi connectivity index (χ1) is 18.4. The van der Waals surface area contributed by atoms with Crippen LogP contribution in [0.1, 0.15) is 43.7 Å². The first kappa shape index (κ1) is 29.7. The predicted octanol–water partition coefficient (Wildman–Crippen LogP) is 3.42. The van der Waals surface area contributed by atoms with Crippen molar-refractivity contribution < 1.29 is 28.8 Å². The highest BCUT2D eigenvalue weighted by molar-refractivity contribution is 5.75. The van der Waals surface area contributed by atoms with Crippen LogP contribution in [-0.2, 0) is 25.6 Å². The van der Waals surface area contributed by atoms with Crippen LogP contribution in [0.3, 0.4) is 0 Å². The van der Waals surface area contributed by atoms with Crippen molar-refractivity contribution >= 4 is 11.6 Å². The molecule has 0 bridgehead atoms. The number of ether oxygens (including phenoxy) is 4. The van der Waals surface area contributed by atoms with Crippen LogP contribution in [0.25, 0.3) is 0 Å². The smallest absolute Gasteiger partial charge is 0.220 e. The number of methoxy groups -OCH3 is 2. The van der Waals surface area contributed by atoms with Crippen molar-refractivity contribution in [1.82, 2.24) is 10.6 Å². The van der Waals surface area contributed by atoms with E-state index in [4.69, 9.17) is 18.9 Å². The molecule has 38 heavy (non-hydrogen) atoms. The molecule has 4 N–H and O–H groups in total. The molecule has 2 aromatic carbocycles. The Balaban J connectivity index is 1.71. The van der Waals surface area contributed by atoms with Crippen molar-refractivity contribution in [3.63, 3.8) is 0 Å². The number of rotatable bonds is 15. The third kappa shape index (κ3) is 8.87. The number of benzene rings is 2. The standard InChI is InChI=1S/C29H43N3O6/c1-5-28(34)32-20(2)18-37-26-16-30-17-27(29(26)22-8-10-23(36-4)11-9-22)38-19-21-7-12-25(33)24(15-21)31-13-6-14-35-3/h7-12,15,20,26-27,29-31,33H,5-6,13-14,16-19H2,1-4H3,(H,32,34)/t20-,26-,27+,29?/m1/s1. The van der Waals surface area contributed by atoms with E-state index in [1.54, 1.807) is 20.3 Å². The van der Waals surface area contributed by atoms with Crippen molar-refractivity contribution in [1.29, 1.82) is 0 Å². The van der Waals surface area contributed by atoms with E-state index in [2.05, 4.69) is 28.1 Å². The van der Waals surface area contributed by atoms with Gasteiger partial charge in [-0.25, -0.2) is 0 Å². The Labute approximate surface area is 226 Å². The molecule has 0 saturated carbocycles. The normalized spacial score (nSPS) is 20.1. The number of nitrogens with one attached hydrogen (secondary N) is 3. The summed E-state index contributed by atoms with van der Waals surface area (Å²) in [6, 6.07) is 13.4. The van der Waals surface area contributed by atoms with Gasteiger partial charge in [-0.15, -0.1) is 0 Å². The van der Waals surface area contributed by atoms with Crippen LogP contribution in [0.2, 0.25) is 0 Å². The number of carbonyl (C=O) groups excluding carboxylic acids is 1. The molecule has 1 aliphatic heterocycles. The highest BCUT2D eigenvalue weighted by Crippen LogP contribution is 2.32. The topological polar surface area (TPSA) is 110 Å². The SMILES string of the molecule is CCC(=O)N[C@H](C)CO[C@@H]1CNC[C@H](OCc2ccc(O)c(NCCCOC)c2)C1c1ccc(OC)cc1. The largest absolute Gasteiger partial charge is 0.506 e. The van der Waals surface area contributed by atoms with Crippen molar-refractivity contribution in [3.05, 3.63) is 53.6 Å². The maximum absolute atomic E-state index is 11.8. The zero-order valence-corrected chi connectivity index (χ0v) is 23.0. The van der Waals surface area contributed by atoms with Gasteiger partial charge in [-0.05, 0) is 48.7 Å². The lowest BCUT2D eigenvalue weighted by atomic mass is 9.85. The van der Waals surface area contributed by atoms with E-state index in [0.29, 0.717) is 51.6 Å². The highest BCUT2D eigenvalue weighted by Gasteiger charge is 2.36. The van der Waals surface area contributed by atoms with Gasteiger partial charge in [-0.3, -0.25) is 4.79 Å². The Morgan fingerprint density at radius 3 is 2.53 bits per heavy atom. The van der Waals surface area contributed by atoms with Gasteiger partial charge in [0.15, 0.2) is 0 Å². The number of amides is 1. The average Bonchev–Trinajstić information content (AvgIpc) is 2.94. The fourth-order valence-corrected chi connectivity index (χ4v) is 4.59. The number of aromatic hydroxyl groups is 1. The number of hydrogen-bond acceptors (Lipinski definition) is 8. The monoisotopic (exact) mass is 529 g/mol. The van der Waals surface area contributed by atoms with Crippen molar-refractivity contribution in [2.24, 2.45) is 0 Å². The quantitative estimate of drug-likeness (QED) is 0.205. The van der Waals surface area contributed by atoms with Gasteiger partial charge in [0.25, 0.3) is 0 Å². The van der Waals surface area contributed by atoms with E-state index < -0.39 is 0 Å². The minimum absolute atomic E-state index is 0.0113. The minimum atomic E-state index is -0.144. The van der Waals surface area contributed by atoms with E-state index in [0.717, 1.165) is 23.3 Å². The fourth-order valence-electron chi connectivity index (χ4n) is 4.59. The zero-order chi connectivity index (χ0) is 27.3.